The second-order valence-electron chi connectivity index (χ2n) is 3.99. The SMILES string of the molecule is NNC(CCC1CC1)c1ccccn1. The van der Waals surface area contributed by atoms with Crippen LogP contribution < -0.4 is 11.3 Å². The maximum Gasteiger partial charge on any atom is 0.0632 e. The Bertz CT molecular complexity index is 269. The Morgan fingerprint density at radius 2 is 2.36 bits per heavy atom. The van der Waals surface area contributed by atoms with Crippen molar-refractivity contribution in [1.82, 2.24) is 10.4 Å². The lowest BCUT2D eigenvalue weighted by atomic mass is 10.1. The molecule has 0 amide bonds. The van der Waals surface area contributed by atoms with Crippen LogP contribution >= 0.6 is 0 Å². The standard InChI is InChI=1S/C11H17N3/c12-14-11(7-6-9-4-5-9)10-3-1-2-8-13-10/h1-3,8-9,11,14H,4-7,12H2. The molecule has 14 heavy (non-hydrogen) atoms. The van der Waals surface area contributed by atoms with Crippen molar-refractivity contribution < 1.29 is 0 Å². The van der Waals surface area contributed by atoms with E-state index in [0.717, 1.165) is 18.0 Å². The highest BCUT2D eigenvalue weighted by atomic mass is 15.2. The summed E-state index contributed by atoms with van der Waals surface area (Å²) in [5.74, 6) is 6.47. The van der Waals surface area contributed by atoms with Crippen LogP contribution in [-0.4, -0.2) is 4.98 Å². The van der Waals surface area contributed by atoms with Gasteiger partial charge in [0.15, 0.2) is 0 Å². The van der Waals surface area contributed by atoms with Gasteiger partial charge in [0.05, 0.1) is 11.7 Å². The van der Waals surface area contributed by atoms with Gasteiger partial charge in [0.25, 0.3) is 0 Å². The van der Waals surface area contributed by atoms with Crippen molar-refractivity contribution in [2.45, 2.75) is 31.7 Å². The predicted molar refractivity (Wildman–Crippen MR) is 56.3 cm³/mol. The van der Waals surface area contributed by atoms with Gasteiger partial charge in [-0.3, -0.25) is 16.3 Å². The Balaban J connectivity index is 1.90. The van der Waals surface area contributed by atoms with Gasteiger partial charge in [-0.25, -0.2) is 0 Å². The normalized spacial score (nSPS) is 18.1. The third kappa shape index (κ3) is 2.53. The predicted octanol–water partition coefficient (Wildman–Crippen LogP) is 1.78. The highest BCUT2D eigenvalue weighted by Gasteiger charge is 2.22. The highest BCUT2D eigenvalue weighted by molar-refractivity contribution is 5.08. The Kier molecular flexibility index (Phi) is 3.11. The largest absolute Gasteiger partial charge is 0.271 e. The number of aromatic nitrogens is 1. The van der Waals surface area contributed by atoms with Crippen LogP contribution in [0.2, 0.25) is 0 Å². The van der Waals surface area contributed by atoms with E-state index in [-0.39, 0.29) is 6.04 Å². The molecule has 3 nitrogen and oxygen atoms in total. The lowest BCUT2D eigenvalue weighted by Crippen LogP contribution is -2.28. The quantitative estimate of drug-likeness (QED) is 0.551. The molecule has 3 heteroatoms. The van der Waals surface area contributed by atoms with Crippen molar-refractivity contribution in [3.8, 4) is 0 Å². The molecular formula is C11H17N3. The molecule has 1 heterocycles. The summed E-state index contributed by atoms with van der Waals surface area (Å²) >= 11 is 0. The minimum atomic E-state index is 0.219. The number of pyridine rings is 1. The van der Waals surface area contributed by atoms with E-state index in [2.05, 4.69) is 10.4 Å². The Labute approximate surface area is 84.7 Å². The molecular weight excluding hydrogens is 174 g/mol. The van der Waals surface area contributed by atoms with Crippen LogP contribution in [0.25, 0.3) is 0 Å². The molecule has 1 atom stereocenters. The van der Waals surface area contributed by atoms with E-state index in [9.17, 15) is 0 Å². The first-order chi connectivity index (χ1) is 6.90. The van der Waals surface area contributed by atoms with Crippen LogP contribution in [0.15, 0.2) is 24.4 Å². The molecule has 3 N–H and O–H groups in total. The monoisotopic (exact) mass is 191 g/mol. The summed E-state index contributed by atoms with van der Waals surface area (Å²) in [4.78, 5) is 4.31. The van der Waals surface area contributed by atoms with E-state index in [0.29, 0.717) is 0 Å². The molecule has 1 fully saturated rings. The van der Waals surface area contributed by atoms with Crippen LogP contribution in [0.3, 0.4) is 0 Å². The summed E-state index contributed by atoms with van der Waals surface area (Å²) in [7, 11) is 0. The third-order valence-corrected chi connectivity index (χ3v) is 2.81. The molecule has 1 unspecified atom stereocenters. The van der Waals surface area contributed by atoms with Gasteiger partial charge >= 0.3 is 0 Å². The van der Waals surface area contributed by atoms with Crippen LogP contribution in [-0.2, 0) is 0 Å². The first-order valence-electron chi connectivity index (χ1n) is 5.27. The van der Waals surface area contributed by atoms with E-state index < -0.39 is 0 Å². The van der Waals surface area contributed by atoms with Crippen molar-refractivity contribution in [3.05, 3.63) is 30.1 Å². The van der Waals surface area contributed by atoms with Crippen molar-refractivity contribution in [2.75, 3.05) is 0 Å². The Hall–Kier alpha value is -0.930. The lowest BCUT2D eigenvalue weighted by molar-refractivity contribution is 0.472. The molecule has 1 saturated carbocycles. The van der Waals surface area contributed by atoms with E-state index in [4.69, 9.17) is 5.84 Å². The molecule has 1 aliphatic carbocycles. The summed E-state index contributed by atoms with van der Waals surface area (Å²) < 4.78 is 0. The summed E-state index contributed by atoms with van der Waals surface area (Å²) in [6, 6.07) is 6.18. The molecule has 0 saturated heterocycles. The van der Waals surface area contributed by atoms with Gasteiger partial charge in [-0.05, 0) is 30.9 Å². The van der Waals surface area contributed by atoms with E-state index in [1.165, 1.54) is 19.3 Å². The average Bonchev–Trinajstić information content (AvgIpc) is 3.04. The molecule has 0 bridgehead atoms. The van der Waals surface area contributed by atoms with E-state index in [1.807, 2.05) is 24.4 Å². The summed E-state index contributed by atoms with van der Waals surface area (Å²) in [5, 5.41) is 0. The average molecular weight is 191 g/mol. The maximum atomic E-state index is 5.52. The zero-order chi connectivity index (χ0) is 9.80. The van der Waals surface area contributed by atoms with Gasteiger partial charge in [-0.1, -0.05) is 18.9 Å². The van der Waals surface area contributed by atoms with Crippen molar-refractivity contribution >= 4 is 0 Å². The van der Waals surface area contributed by atoms with Crippen LogP contribution in [0.5, 0.6) is 0 Å². The molecule has 0 aliphatic heterocycles. The van der Waals surface area contributed by atoms with Crippen molar-refractivity contribution in [3.63, 3.8) is 0 Å². The minimum Gasteiger partial charge on any atom is -0.271 e. The van der Waals surface area contributed by atoms with Gasteiger partial charge < -0.3 is 0 Å². The number of hydrogen-bond acceptors (Lipinski definition) is 3. The molecule has 0 radical (unpaired) electrons. The second-order valence-corrected chi connectivity index (χ2v) is 3.99. The van der Waals surface area contributed by atoms with Crippen LogP contribution in [0.4, 0.5) is 0 Å². The fraction of sp³-hybridized carbons (Fsp3) is 0.545. The minimum absolute atomic E-state index is 0.219. The fourth-order valence-electron chi connectivity index (χ4n) is 1.71. The zero-order valence-corrected chi connectivity index (χ0v) is 8.32. The van der Waals surface area contributed by atoms with E-state index in [1.54, 1.807) is 0 Å². The topological polar surface area (TPSA) is 50.9 Å². The summed E-state index contributed by atoms with van der Waals surface area (Å²) in [6.45, 7) is 0. The van der Waals surface area contributed by atoms with Crippen molar-refractivity contribution in [1.29, 1.82) is 0 Å². The molecule has 2 rings (SSSR count). The third-order valence-electron chi connectivity index (χ3n) is 2.81. The first kappa shape index (κ1) is 9.62. The number of nitrogens with two attached hydrogens (primary N) is 1. The van der Waals surface area contributed by atoms with Gasteiger partial charge in [0, 0.05) is 6.20 Å². The first-order valence-corrected chi connectivity index (χ1v) is 5.27. The fourth-order valence-corrected chi connectivity index (χ4v) is 1.71. The number of hydrogen-bond donors (Lipinski definition) is 2. The van der Waals surface area contributed by atoms with Gasteiger partial charge in [0.1, 0.15) is 0 Å². The number of nitrogens with one attached hydrogen (secondary N) is 1. The van der Waals surface area contributed by atoms with Crippen LogP contribution in [0.1, 0.15) is 37.4 Å². The molecule has 1 aliphatic rings. The van der Waals surface area contributed by atoms with E-state index >= 15 is 0 Å². The molecule has 0 aromatic carbocycles. The highest BCUT2D eigenvalue weighted by Crippen LogP contribution is 2.35. The van der Waals surface area contributed by atoms with Crippen LogP contribution in [0, 0.1) is 5.92 Å². The summed E-state index contributed by atoms with van der Waals surface area (Å²) in [6.07, 6.45) is 6.99. The molecule has 1 aromatic heterocycles. The number of hydrazine groups is 1. The van der Waals surface area contributed by atoms with Gasteiger partial charge in [0.2, 0.25) is 0 Å². The Morgan fingerprint density at radius 1 is 1.50 bits per heavy atom. The second kappa shape index (κ2) is 4.53. The maximum absolute atomic E-state index is 5.52. The summed E-state index contributed by atoms with van der Waals surface area (Å²) in [5.41, 5.74) is 3.89. The smallest absolute Gasteiger partial charge is 0.0632 e. The van der Waals surface area contributed by atoms with Gasteiger partial charge in [-0.2, -0.15) is 0 Å². The lowest BCUT2D eigenvalue weighted by Gasteiger charge is -2.14. The Morgan fingerprint density at radius 3 is 2.93 bits per heavy atom. The molecule has 76 valence electrons. The number of rotatable bonds is 5. The molecule has 0 spiro atoms. The van der Waals surface area contributed by atoms with Crippen molar-refractivity contribution in [2.24, 2.45) is 11.8 Å². The number of nitrogens with zero attached hydrogens (tertiary/aromatic N) is 1. The zero-order valence-electron chi connectivity index (χ0n) is 8.32. The molecule has 1 aromatic rings. The van der Waals surface area contributed by atoms with Gasteiger partial charge in [-0.15, -0.1) is 0 Å².